The summed E-state index contributed by atoms with van der Waals surface area (Å²) in [7, 11) is 0. The Balaban J connectivity index is 1.66. The van der Waals surface area contributed by atoms with Crippen molar-refractivity contribution in [2.75, 3.05) is 18.1 Å². The highest BCUT2D eigenvalue weighted by molar-refractivity contribution is 5.68. The number of nitrogens with one attached hydrogen (secondary N) is 1. The first-order valence-electron chi connectivity index (χ1n) is 8.67. The number of piperidine rings is 1. The molecule has 7 nitrogen and oxygen atoms in total. The molecule has 0 unspecified atom stereocenters. The molecule has 0 bridgehead atoms. The van der Waals surface area contributed by atoms with Gasteiger partial charge in [0.05, 0.1) is 6.20 Å². The van der Waals surface area contributed by atoms with Crippen molar-refractivity contribution < 1.29 is 14.4 Å². The number of amides is 1. The molecule has 0 spiro atoms. The van der Waals surface area contributed by atoms with Gasteiger partial charge in [0.1, 0.15) is 17.2 Å². The van der Waals surface area contributed by atoms with Gasteiger partial charge in [0, 0.05) is 24.7 Å². The molecule has 2 aliphatic heterocycles. The number of anilines is 1. The Morgan fingerprint density at radius 3 is 2.92 bits per heavy atom. The van der Waals surface area contributed by atoms with Crippen LogP contribution < -0.4 is 10.6 Å². The lowest BCUT2D eigenvalue weighted by Gasteiger charge is -2.33. The van der Waals surface area contributed by atoms with Crippen LogP contribution in [0.5, 0.6) is 0 Å². The maximum atomic E-state index is 12.3. The molecule has 1 aromatic heterocycles. The quantitative estimate of drug-likeness (QED) is 0.887. The Bertz CT molecular complexity index is 669. The number of nitrogens with zero attached hydrogens (tertiary/aromatic N) is 3. The Morgan fingerprint density at radius 2 is 2.20 bits per heavy atom. The number of aryl methyl sites for hydroxylation is 1. The average Bonchev–Trinajstić information content (AvgIpc) is 3.03. The van der Waals surface area contributed by atoms with Gasteiger partial charge in [-0.25, -0.2) is 14.8 Å². The van der Waals surface area contributed by atoms with Crippen molar-refractivity contribution in [1.82, 2.24) is 15.5 Å². The van der Waals surface area contributed by atoms with Crippen LogP contribution in [0.25, 0.3) is 0 Å². The summed E-state index contributed by atoms with van der Waals surface area (Å²) >= 11 is 0. The Labute approximate surface area is 148 Å². The first-order chi connectivity index (χ1) is 11.8. The molecule has 1 N–H and O–H groups in total. The molecule has 0 saturated carbocycles. The minimum atomic E-state index is -0.484. The van der Waals surface area contributed by atoms with Gasteiger partial charge in [0.2, 0.25) is 0 Å². The largest absolute Gasteiger partial charge is 0.444 e. The molecule has 1 saturated heterocycles. The lowest BCUT2D eigenvalue weighted by molar-refractivity contribution is 0.0131. The fourth-order valence-corrected chi connectivity index (χ4v) is 2.95. The SMILES string of the molecule is Cc1cccc(N2C=C([C@H]3CCCN(C(=O)OC(C)(C)C)C3)ON2)n1. The normalized spacial score (nSPS) is 21.0. The molecule has 0 aromatic carbocycles. The predicted molar refractivity (Wildman–Crippen MR) is 94.3 cm³/mol. The van der Waals surface area contributed by atoms with Crippen LogP contribution in [-0.4, -0.2) is 34.7 Å². The second kappa shape index (κ2) is 6.92. The van der Waals surface area contributed by atoms with Gasteiger partial charge in [0.15, 0.2) is 0 Å². The van der Waals surface area contributed by atoms with E-state index in [4.69, 9.17) is 9.57 Å². The summed E-state index contributed by atoms with van der Waals surface area (Å²) in [6, 6.07) is 5.82. The van der Waals surface area contributed by atoms with Crippen LogP contribution in [0.2, 0.25) is 0 Å². The monoisotopic (exact) mass is 346 g/mol. The lowest BCUT2D eigenvalue weighted by atomic mass is 9.96. The van der Waals surface area contributed by atoms with Crippen molar-refractivity contribution in [3.8, 4) is 0 Å². The molecule has 25 heavy (non-hydrogen) atoms. The molecule has 0 radical (unpaired) electrons. The van der Waals surface area contributed by atoms with Crippen molar-refractivity contribution in [2.24, 2.45) is 5.92 Å². The molecular weight excluding hydrogens is 320 g/mol. The maximum absolute atomic E-state index is 12.3. The fraction of sp³-hybridized carbons (Fsp3) is 0.556. The third kappa shape index (κ3) is 4.42. The number of hydrogen-bond acceptors (Lipinski definition) is 6. The second-order valence-electron chi connectivity index (χ2n) is 7.50. The summed E-state index contributed by atoms with van der Waals surface area (Å²) in [5.74, 6) is 1.73. The summed E-state index contributed by atoms with van der Waals surface area (Å²) in [5.41, 5.74) is 3.33. The molecule has 136 valence electrons. The number of likely N-dealkylation sites (tertiary alicyclic amines) is 1. The zero-order chi connectivity index (χ0) is 18.0. The van der Waals surface area contributed by atoms with Gasteiger partial charge in [-0.2, -0.15) is 0 Å². The Kier molecular flexibility index (Phi) is 4.85. The van der Waals surface area contributed by atoms with Crippen molar-refractivity contribution in [3.05, 3.63) is 35.9 Å². The topological polar surface area (TPSA) is 66.9 Å². The number of carbonyl (C=O) groups excluding carboxylic acids is 1. The number of hydrazine groups is 1. The number of carbonyl (C=O) groups is 1. The highest BCUT2D eigenvalue weighted by Crippen LogP contribution is 2.28. The van der Waals surface area contributed by atoms with Crippen LogP contribution >= 0.6 is 0 Å². The third-order valence-electron chi connectivity index (χ3n) is 4.11. The van der Waals surface area contributed by atoms with E-state index in [2.05, 4.69) is 10.6 Å². The zero-order valence-electron chi connectivity index (χ0n) is 15.3. The van der Waals surface area contributed by atoms with Gasteiger partial charge in [-0.15, -0.1) is 0 Å². The van der Waals surface area contributed by atoms with E-state index < -0.39 is 5.60 Å². The molecule has 7 heteroatoms. The van der Waals surface area contributed by atoms with E-state index in [0.717, 1.165) is 36.7 Å². The number of hydrogen-bond donors (Lipinski definition) is 1. The van der Waals surface area contributed by atoms with Gasteiger partial charge in [-0.05, 0) is 52.7 Å². The maximum Gasteiger partial charge on any atom is 0.410 e. The Hall–Kier alpha value is -2.28. The highest BCUT2D eigenvalue weighted by atomic mass is 16.7. The van der Waals surface area contributed by atoms with Crippen molar-refractivity contribution >= 4 is 11.9 Å². The first-order valence-corrected chi connectivity index (χ1v) is 8.67. The molecule has 1 amide bonds. The van der Waals surface area contributed by atoms with Crippen molar-refractivity contribution in [2.45, 2.75) is 46.1 Å². The number of ether oxygens (including phenoxy) is 1. The van der Waals surface area contributed by atoms with Crippen LogP contribution in [0, 0.1) is 12.8 Å². The van der Waals surface area contributed by atoms with E-state index in [1.165, 1.54) is 0 Å². The molecule has 3 rings (SSSR count). The van der Waals surface area contributed by atoms with Crippen LogP contribution in [-0.2, 0) is 9.57 Å². The lowest BCUT2D eigenvalue weighted by Crippen LogP contribution is -2.43. The van der Waals surface area contributed by atoms with E-state index in [-0.39, 0.29) is 12.0 Å². The number of pyridine rings is 1. The molecule has 1 atom stereocenters. The zero-order valence-corrected chi connectivity index (χ0v) is 15.3. The third-order valence-corrected chi connectivity index (χ3v) is 4.11. The summed E-state index contributed by atoms with van der Waals surface area (Å²) in [6.07, 6.45) is 3.54. The van der Waals surface area contributed by atoms with Crippen LogP contribution in [0.4, 0.5) is 10.6 Å². The van der Waals surface area contributed by atoms with Crippen LogP contribution in [0.15, 0.2) is 30.2 Å². The number of rotatable bonds is 2. The fourth-order valence-electron chi connectivity index (χ4n) is 2.95. The summed E-state index contributed by atoms with van der Waals surface area (Å²) in [4.78, 5) is 24.2. The van der Waals surface area contributed by atoms with E-state index in [1.807, 2.05) is 52.1 Å². The summed E-state index contributed by atoms with van der Waals surface area (Å²) in [6.45, 7) is 8.90. The minimum absolute atomic E-state index is 0.142. The molecule has 1 aromatic rings. The Morgan fingerprint density at radius 1 is 1.40 bits per heavy atom. The second-order valence-corrected chi connectivity index (χ2v) is 7.50. The molecule has 0 aliphatic carbocycles. The molecule has 2 aliphatic rings. The minimum Gasteiger partial charge on any atom is -0.444 e. The van der Waals surface area contributed by atoms with E-state index >= 15 is 0 Å². The molecular formula is C18H26N4O3. The van der Waals surface area contributed by atoms with E-state index in [9.17, 15) is 4.79 Å². The van der Waals surface area contributed by atoms with Gasteiger partial charge in [-0.1, -0.05) is 11.7 Å². The standard InChI is InChI=1S/C18H26N4O3/c1-13-7-5-9-16(19-13)22-12-15(25-20-22)14-8-6-10-21(11-14)17(23)24-18(2,3)4/h5,7,9,12,14,20H,6,8,10-11H2,1-4H3/t14-/m0/s1. The smallest absolute Gasteiger partial charge is 0.410 e. The van der Waals surface area contributed by atoms with Gasteiger partial charge in [0.25, 0.3) is 0 Å². The molecule has 1 fully saturated rings. The summed E-state index contributed by atoms with van der Waals surface area (Å²) < 4.78 is 5.48. The van der Waals surface area contributed by atoms with Gasteiger partial charge >= 0.3 is 6.09 Å². The van der Waals surface area contributed by atoms with E-state index in [1.54, 1.807) is 9.91 Å². The predicted octanol–water partition coefficient (Wildman–Crippen LogP) is 3.13. The summed E-state index contributed by atoms with van der Waals surface area (Å²) in [5, 5.41) is 1.76. The number of aromatic nitrogens is 1. The average molecular weight is 346 g/mol. The van der Waals surface area contributed by atoms with Crippen molar-refractivity contribution in [1.29, 1.82) is 0 Å². The first kappa shape index (κ1) is 17.5. The highest BCUT2D eigenvalue weighted by Gasteiger charge is 2.32. The van der Waals surface area contributed by atoms with Gasteiger partial charge in [-0.3, -0.25) is 0 Å². The van der Waals surface area contributed by atoms with Crippen LogP contribution in [0.1, 0.15) is 39.3 Å². The van der Waals surface area contributed by atoms with E-state index in [0.29, 0.717) is 6.54 Å². The van der Waals surface area contributed by atoms with Gasteiger partial charge < -0.3 is 14.5 Å². The molecule has 3 heterocycles. The van der Waals surface area contributed by atoms with Crippen LogP contribution in [0.3, 0.4) is 0 Å². The van der Waals surface area contributed by atoms with Crippen molar-refractivity contribution in [3.63, 3.8) is 0 Å².